The van der Waals surface area contributed by atoms with E-state index in [9.17, 15) is 5.11 Å². The molecule has 0 aliphatic heterocycles. The standard InChI is InChI=1S/C10H21NO2/c1-8(13-2)7-11-9-5-3-4-6-10(9)12/h8-12H,3-7H2,1-2H3/t8?,9-,10-/m0/s1. The molecule has 1 saturated carbocycles. The van der Waals surface area contributed by atoms with Gasteiger partial charge in [-0.3, -0.25) is 0 Å². The summed E-state index contributed by atoms with van der Waals surface area (Å²) in [5.41, 5.74) is 0. The van der Waals surface area contributed by atoms with Crippen molar-refractivity contribution in [3.05, 3.63) is 0 Å². The van der Waals surface area contributed by atoms with Crippen LogP contribution in [0.3, 0.4) is 0 Å². The molecule has 13 heavy (non-hydrogen) atoms. The molecule has 1 unspecified atom stereocenters. The van der Waals surface area contributed by atoms with Crippen molar-refractivity contribution in [2.24, 2.45) is 0 Å². The van der Waals surface area contributed by atoms with Gasteiger partial charge in [-0.25, -0.2) is 0 Å². The van der Waals surface area contributed by atoms with Crippen molar-refractivity contribution in [1.82, 2.24) is 5.32 Å². The normalized spacial score (nSPS) is 31.6. The molecule has 0 spiro atoms. The third-order valence-corrected chi connectivity index (χ3v) is 2.80. The average molecular weight is 187 g/mol. The molecule has 0 radical (unpaired) electrons. The molecule has 3 heteroatoms. The molecule has 0 saturated heterocycles. The van der Waals surface area contributed by atoms with Crippen LogP contribution in [0.15, 0.2) is 0 Å². The maximum absolute atomic E-state index is 9.65. The summed E-state index contributed by atoms with van der Waals surface area (Å²) in [5, 5.41) is 13.0. The Kier molecular flexibility index (Phi) is 4.70. The zero-order valence-electron chi connectivity index (χ0n) is 8.62. The molecular formula is C10H21NO2. The number of nitrogens with one attached hydrogen (secondary N) is 1. The van der Waals surface area contributed by atoms with Crippen molar-refractivity contribution in [1.29, 1.82) is 0 Å². The number of aliphatic hydroxyl groups is 1. The molecule has 3 atom stereocenters. The monoisotopic (exact) mass is 187 g/mol. The van der Waals surface area contributed by atoms with Gasteiger partial charge in [0.15, 0.2) is 0 Å². The molecule has 1 aliphatic rings. The fourth-order valence-corrected chi connectivity index (χ4v) is 1.75. The van der Waals surface area contributed by atoms with Crippen LogP contribution in [0, 0.1) is 0 Å². The predicted molar refractivity (Wildman–Crippen MR) is 52.7 cm³/mol. The van der Waals surface area contributed by atoms with E-state index in [-0.39, 0.29) is 18.2 Å². The predicted octanol–water partition coefficient (Wildman–Crippen LogP) is 0.914. The van der Waals surface area contributed by atoms with Crippen molar-refractivity contribution in [3.8, 4) is 0 Å². The van der Waals surface area contributed by atoms with E-state index in [0.717, 1.165) is 19.4 Å². The minimum atomic E-state index is -0.155. The van der Waals surface area contributed by atoms with E-state index >= 15 is 0 Å². The molecule has 0 aromatic rings. The summed E-state index contributed by atoms with van der Waals surface area (Å²) in [6.07, 6.45) is 4.51. The van der Waals surface area contributed by atoms with E-state index in [1.165, 1.54) is 12.8 Å². The lowest BCUT2D eigenvalue weighted by atomic mass is 9.92. The van der Waals surface area contributed by atoms with Gasteiger partial charge in [-0.2, -0.15) is 0 Å². The molecule has 0 amide bonds. The number of rotatable bonds is 4. The first kappa shape index (κ1) is 11.0. The zero-order valence-corrected chi connectivity index (χ0v) is 8.62. The van der Waals surface area contributed by atoms with Crippen LogP contribution in [0.5, 0.6) is 0 Å². The molecule has 0 aromatic heterocycles. The van der Waals surface area contributed by atoms with Gasteiger partial charge in [-0.1, -0.05) is 12.8 Å². The molecule has 3 nitrogen and oxygen atoms in total. The van der Waals surface area contributed by atoms with Crippen LogP contribution in [0.4, 0.5) is 0 Å². The summed E-state index contributed by atoms with van der Waals surface area (Å²) in [5.74, 6) is 0. The van der Waals surface area contributed by atoms with Crippen molar-refractivity contribution in [2.45, 2.75) is 50.9 Å². The van der Waals surface area contributed by atoms with Gasteiger partial charge in [0.2, 0.25) is 0 Å². The SMILES string of the molecule is COC(C)CN[C@H]1CCCC[C@@H]1O. The van der Waals surface area contributed by atoms with Crippen LogP contribution in [0.1, 0.15) is 32.6 Å². The molecule has 0 aromatic carbocycles. The molecule has 0 bridgehead atoms. The molecule has 78 valence electrons. The van der Waals surface area contributed by atoms with Crippen molar-refractivity contribution in [3.63, 3.8) is 0 Å². The third kappa shape index (κ3) is 3.63. The van der Waals surface area contributed by atoms with Gasteiger partial charge in [0.1, 0.15) is 0 Å². The fourth-order valence-electron chi connectivity index (χ4n) is 1.75. The number of hydrogen-bond acceptors (Lipinski definition) is 3. The van der Waals surface area contributed by atoms with Crippen LogP contribution < -0.4 is 5.32 Å². The van der Waals surface area contributed by atoms with Crippen LogP contribution in [-0.4, -0.2) is 37.0 Å². The van der Waals surface area contributed by atoms with E-state index in [1.807, 2.05) is 6.92 Å². The average Bonchev–Trinajstić information content (AvgIpc) is 2.16. The Balaban J connectivity index is 2.18. The third-order valence-electron chi connectivity index (χ3n) is 2.80. The van der Waals surface area contributed by atoms with Gasteiger partial charge in [-0.15, -0.1) is 0 Å². The van der Waals surface area contributed by atoms with Gasteiger partial charge >= 0.3 is 0 Å². The van der Waals surface area contributed by atoms with E-state index in [0.29, 0.717) is 0 Å². The summed E-state index contributed by atoms with van der Waals surface area (Å²) in [6, 6.07) is 0.284. The highest BCUT2D eigenvalue weighted by atomic mass is 16.5. The molecular weight excluding hydrogens is 166 g/mol. The largest absolute Gasteiger partial charge is 0.392 e. The second-order valence-electron chi connectivity index (χ2n) is 3.91. The van der Waals surface area contributed by atoms with E-state index in [2.05, 4.69) is 5.32 Å². The van der Waals surface area contributed by atoms with E-state index in [4.69, 9.17) is 4.74 Å². The minimum Gasteiger partial charge on any atom is -0.392 e. The zero-order chi connectivity index (χ0) is 9.68. The molecule has 2 N–H and O–H groups in total. The second-order valence-corrected chi connectivity index (χ2v) is 3.91. The first-order chi connectivity index (χ1) is 6.24. The molecule has 1 fully saturated rings. The highest BCUT2D eigenvalue weighted by Crippen LogP contribution is 2.18. The van der Waals surface area contributed by atoms with Crippen LogP contribution in [0.2, 0.25) is 0 Å². The lowest BCUT2D eigenvalue weighted by molar-refractivity contribution is 0.0710. The maximum Gasteiger partial charge on any atom is 0.0693 e. The number of hydrogen-bond donors (Lipinski definition) is 2. The van der Waals surface area contributed by atoms with Gasteiger partial charge in [0.25, 0.3) is 0 Å². The maximum atomic E-state index is 9.65. The first-order valence-corrected chi connectivity index (χ1v) is 5.18. The second kappa shape index (κ2) is 5.58. The molecule has 1 aliphatic carbocycles. The van der Waals surface area contributed by atoms with Crippen LogP contribution in [0.25, 0.3) is 0 Å². The summed E-state index contributed by atoms with van der Waals surface area (Å²) >= 11 is 0. The van der Waals surface area contributed by atoms with Crippen molar-refractivity contribution < 1.29 is 9.84 Å². The Labute approximate surface area is 80.5 Å². The minimum absolute atomic E-state index is 0.155. The summed E-state index contributed by atoms with van der Waals surface area (Å²) < 4.78 is 5.13. The van der Waals surface area contributed by atoms with Gasteiger partial charge in [-0.05, 0) is 19.8 Å². The molecule has 1 rings (SSSR count). The fraction of sp³-hybridized carbons (Fsp3) is 1.00. The topological polar surface area (TPSA) is 41.5 Å². The lowest BCUT2D eigenvalue weighted by Gasteiger charge is -2.29. The van der Waals surface area contributed by atoms with E-state index < -0.39 is 0 Å². The highest BCUT2D eigenvalue weighted by molar-refractivity contribution is 4.80. The van der Waals surface area contributed by atoms with Crippen molar-refractivity contribution >= 4 is 0 Å². The summed E-state index contributed by atoms with van der Waals surface area (Å²) in [6.45, 7) is 2.86. The van der Waals surface area contributed by atoms with Crippen LogP contribution in [-0.2, 0) is 4.74 Å². The Morgan fingerprint density at radius 2 is 2.15 bits per heavy atom. The van der Waals surface area contributed by atoms with Gasteiger partial charge < -0.3 is 15.2 Å². The number of methoxy groups -OCH3 is 1. The summed E-state index contributed by atoms with van der Waals surface area (Å²) in [4.78, 5) is 0. The van der Waals surface area contributed by atoms with Gasteiger partial charge in [0, 0.05) is 19.7 Å². The quantitative estimate of drug-likeness (QED) is 0.687. The summed E-state index contributed by atoms with van der Waals surface area (Å²) in [7, 11) is 1.71. The lowest BCUT2D eigenvalue weighted by Crippen LogP contribution is -2.44. The smallest absolute Gasteiger partial charge is 0.0693 e. The Morgan fingerprint density at radius 1 is 1.46 bits per heavy atom. The Morgan fingerprint density at radius 3 is 2.77 bits per heavy atom. The Hall–Kier alpha value is -0.120. The van der Waals surface area contributed by atoms with E-state index in [1.54, 1.807) is 7.11 Å². The van der Waals surface area contributed by atoms with Crippen LogP contribution >= 0.6 is 0 Å². The Bertz CT molecular complexity index is 141. The highest BCUT2D eigenvalue weighted by Gasteiger charge is 2.22. The number of ether oxygens (including phenoxy) is 1. The first-order valence-electron chi connectivity index (χ1n) is 5.18. The number of aliphatic hydroxyl groups excluding tert-OH is 1. The van der Waals surface area contributed by atoms with Gasteiger partial charge in [0.05, 0.1) is 12.2 Å². The van der Waals surface area contributed by atoms with Crippen molar-refractivity contribution in [2.75, 3.05) is 13.7 Å². The molecule has 0 heterocycles.